The molecule has 11 nitrogen and oxygen atoms in total. The summed E-state index contributed by atoms with van der Waals surface area (Å²) in [5.41, 5.74) is 1.32. The zero-order valence-electron chi connectivity index (χ0n) is 23.8. The van der Waals surface area contributed by atoms with Crippen LogP contribution in [0.15, 0.2) is 24.4 Å². The quantitative estimate of drug-likeness (QED) is 0.407. The third kappa shape index (κ3) is 15.1. The van der Waals surface area contributed by atoms with Crippen molar-refractivity contribution in [2.45, 2.75) is 56.0 Å². The maximum Gasteiger partial charge on any atom is 0.490 e. The zero-order chi connectivity index (χ0) is 34.6. The highest BCUT2D eigenvalue weighted by molar-refractivity contribution is 5.73. The number of pyridine rings is 1. The number of likely N-dealkylation sites (N-methyl/N-ethyl adjacent to an activating group) is 1. The van der Waals surface area contributed by atoms with Gasteiger partial charge in [0.15, 0.2) is 0 Å². The van der Waals surface area contributed by atoms with Gasteiger partial charge in [-0.25, -0.2) is 14.4 Å². The number of aromatic nitrogens is 1. The molecule has 258 valence electrons. The Morgan fingerprint density at radius 1 is 0.822 bits per heavy atom. The Hall–Kier alpha value is -3.23. The second-order valence-electron chi connectivity index (χ2n) is 10.2. The second-order valence-corrected chi connectivity index (χ2v) is 10.2. The molecule has 1 aromatic rings. The highest BCUT2D eigenvalue weighted by Gasteiger charge is 2.44. The van der Waals surface area contributed by atoms with Crippen molar-refractivity contribution in [3.63, 3.8) is 0 Å². The Labute approximate surface area is 251 Å². The number of piperidine rings is 1. The molecule has 3 fully saturated rings. The van der Waals surface area contributed by atoms with E-state index in [1.807, 2.05) is 12.3 Å². The van der Waals surface area contributed by atoms with Crippen LogP contribution in [0.5, 0.6) is 0 Å². The molecule has 0 saturated carbocycles. The number of aliphatic carboxylic acids is 3. The molecule has 3 aliphatic rings. The summed E-state index contributed by atoms with van der Waals surface area (Å²) in [5.74, 6) is -8.27. The maximum atomic E-state index is 10.6. The lowest BCUT2D eigenvalue weighted by atomic mass is 9.87. The van der Waals surface area contributed by atoms with Gasteiger partial charge in [0.25, 0.3) is 0 Å². The Morgan fingerprint density at radius 3 is 1.64 bits per heavy atom. The Bertz CT molecular complexity index is 1020. The van der Waals surface area contributed by atoms with E-state index < -0.39 is 36.4 Å². The van der Waals surface area contributed by atoms with Crippen LogP contribution in [0.25, 0.3) is 0 Å². The van der Waals surface area contributed by atoms with Gasteiger partial charge in [-0.2, -0.15) is 39.5 Å². The molecule has 4 heterocycles. The average Bonchev–Trinajstić information content (AvgIpc) is 3.34. The zero-order valence-corrected chi connectivity index (χ0v) is 23.8. The second kappa shape index (κ2) is 16.9. The molecule has 1 atom stereocenters. The van der Waals surface area contributed by atoms with Gasteiger partial charge in [0.1, 0.15) is 0 Å². The first-order valence-electron chi connectivity index (χ1n) is 13.1. The molecule has 3 saturated heterocycles. The number of alkyl halides is 9. The number of hydrogen-bond acceptors (Lipinski definition) is 8. The fraction of sp³-hybridized carbons (Fsp3) is 0.680. The molecular formula is C25H33F9N4O7. The van der Waals surface area contributed by atoms with E-state index in [1.54, 1.807) is 0 Å². The predicted molar refractivity (Wildman–Crippen MR) is 136 cm³/mol. The van der Waals surface area contributed by atoms with Crippen LogP contribution in [0.3, 0.4) is 0 Å². The molecule has 20 heteroatoms. The standard InChI is InChI=1S/C19H30N4O.3C2HF3O2/c1-21-10-12-23(13-11-21)18-14-19(24-16-18)5-8-22(9-6-19)15-17-4-2-3-7-20-17;3*3-2(4,5)1(6)7/h2-4,7,18H,5-6,8-16H2,1H3;3*(H,6,7). The number of rotatable bonds is 3. The lowest BCUT2D eigenvalue weighted by Gasteiger charge is -2.39. The van der Waals surface area contributed by atoms with E-state index in [-0.39, 0.29) is 5.60 Å². The van der Waals surface area contributed by atoms with Crippen molar-refractivity contribution >= 4 is 17.9 Å². The molecule has 0 aliphatic carbocycles. The summed E-state index contributed by atoms with van der Waals surface area (Å²) in [5, 5.41) is 21.4. The molecule has 1 aromatic heterocycles. The van der Waals surface area contributed by atoms with E-state index in [0.29, 0.717) is 6.04 Å². The number of halogens is 9. The van der Waals surface area contributed by atoms with Crippen molar-refractivity contribution < 1.29 is 74.0 Å². The van der Waals surface area contributed by atoms with Crippen LogP contribution >= 0.6 is 0 Å². The minimum absolute atomic E-state index is 0.147. The van der Waals surface area contributed by atoms with Crippen LogP contribution in [-0.4, -0.2) is 136 Å². The average molecular weight is 673 g/mol. The first-order chi connectivity index (χ1) is 20.6. The van der Waals surface area contributed by atoms with Gasteiger partial charge < -0.3 is 25.0 Å². The van der Waals surface area contributed by atoms with Gasteiger partial charge in [-0.1, -0.05) is 6.07 Å². The topological polar surface area (TPSA) is 144 Å². The normalized spacial score (nSPS) is 20.9. The van der Waals surface area contributed by atoms with Crippen molar-refractivity contribution in [3.05, 3.63) is 30.1 Å². The van der Waals surface area contributed by atoms with E-state index in [1.165, 1.54) is 51.1 Å². The summed E-state index contributed by atoms with van der Waals surface area (Å²) in [6.45, 7) is 8.96. The minimum Gasteiger partial charge on any atom is -0.475 e. The molecule has 45 heavy (non-hydrogen) atoms. The van der Waals surface area contributed by atoms with Crippen molar-refractivity contribution in [2.75, 3.05) is 52.9 Å². The van der Waals surface area contributed by atoms with E-state index >= 15 is 0 Å². The first-order valence-corrected chi connectivity index (χ1v) is 13.1. The van der Waals surface area contributed by atoms with Crippen LogP contribution in [0, 0.1) is 0 Å². The van der Waals surface area contributed by atoms with Gasteiger partial charge >= 0.3 is 36.4 Å². The Kier molecular flexibility index (Phi) is 14.9. The van der Waals surface area contributed by atoms with Crippen molar-refractivity contribution in [3.8, 4) is 0 Å². The van der Waals surface area contributed by atoms with Crippen LogP contribution in [-0.2, 0) is 25.7 Å². The lowest BCUT2D eigenvalue weighted by molar-refractivity contribution is -0.193. The number of carboxylic acid groups (broad SMARTS) is 3. The number of nitrogens with zero attached hydrogens (tertiary/aromatic N) is 4. The lowest BCUT2D eigenvalue weighted by Crippen LogP contribution is -2.50. The van der Waals surface area contributed by atoms with Gasteiger partial charge in [-0.15, -0.1) is 0 Å². The fourth-order valence-electron chi connectivity index (χ4n) is 4.43. The van der Waals surface area contributed by atoms with E-state index in [0.717, 1.165) is 26.2 Å². The van der Waals surface area contributed by atoms with Crippen LogP contribution in [0.4, 0.5) is 39.5 Å². The summed E-state index contributed by atoms with van der Waals surface area (Å²) in [4.78, 5) is 38.8. The van der Waals surface area contributed by atoms with E-state index in [2.05, 4.69) is 38.9 Å². The number of ether oxygens (including phenoxy) is 1. The van der Waals surface area contributed by atoms with Gasteiger partial charge in [0.2, 0.25) is 0 Å². The van der Waals surface area contributed by atoms with Gasteiger partial charge in [-0.3, -0.25) is 14.8 Å². The summed E-state index contributed by atoms with van der Waals surface area (Å²) in [6, 6.07) is 6.83. The molecule has 0 aromatic carbocycles. The van der Waals surface area contributed by atoms with Gasteiger partial charge in [0.05, 0.1) is 17.9 Å². The third-order valence-electron chi connectivity index (χ3n) is 6.85. The minimum atomic E-state index is -5.08. The van der Waals surface area contributed by atoms with Crippen molar-refractivity contribution in [1.82, 2.24) is 19.7 Å². The summed E-state index contributed by atoms with van der Waals surface area (Å²) < 4.78 is 102. The van der Waals surface area contributed by atoms with Crippen LogP contribution in [0.1, 0.15) is 25.0 Å². The Morgan fingerprint density at radius 2 is 1.27 bits per heavy atom. The van der Waals surface area contributed by atoms with Crippen LogP contribution in [0.2, 0.25) is 0 Å². The summed E-state index contributed by atoms with van der Waals surface area (Å²) in [7, 11) is 2.22. The highest BCUT2D eigenvalue weighted by atomic mass is 19.4. The van der Waals surface area contributed by atoms with Crippen molar-refractivity contribution in [1.29, 1.82) is 0 Å². The SMILES string of the molecule is CN1CCN(C2COC3(CCN(Cc4ccccn4)CC3)C2)CC1.O=C(O)C(F)(F)F.O=C(O)C(F)(F)F.O=C(O)C(F)(F)F. The number of carboxylic acids is 3. The fourth-order valence-corrected chi connectivity index (χ4v) is 4.43. The molecule has 3 aliphatic heterocycles. The molecule has 0 bridgehead atoms. The molecular weight excluding hydrogens is 639 g/mol. The summed E-state index contributed by atoms with van der Waals surface area (Å²) >= 11 is 0. The molecule has 4 rings (SSSR count). The third-order valence-corrected chi connectivity index (χ3v) is 6.85. The Balaban J connectivity index is 0.000000396. The smallest absolute Gasteiger partial charge is 0.475 e. The molecule has 1 unspecified atom stereocenters. The molecule has 0 radical (unpaired) electrons. The summed E-state index contributed by atoms with van der Waals surface area (Å²) in [6.07, 6.45) is -9.79. The number of hydrogen-bond donors (Lipinski definition) is 3. The van der Waals surface area contributed by atoms with E-state index in [4.69, 9.17) is 34.4 Å². The first kappa shape index (κ1) is 39.8. The van der Waals surface area contributed by atoms with E-state index in [9.17, 15) is 39.5 Å². The molecule has 0 amide bonds. The van der Waals surface area contributed by atoms with Gasteiger partial charge in [0, 0.05) is 58.1 Å². The number of carbonyl (C=O) groups is 3. The highest BCUT2D eigenvalue weighted by Crippen LogP contribution is 2.38. The monoisotopic (exact) mass is 672 g/mol. The predicted octanol–water partition coefficient (Wildman–Crippen LogP) is 3.35. The number of likely N-dealkylation sites (tertiary alicyclic amines) is 1. The van der Waals surface area contributed by atoms with Crippen LogP contribution < -0.4 is 0 Å². The van der Waals surface area contributed by atoms with Crippen molar-refractivity contribution in [2.24, 2.45) is 0 Å². The largest absolute Gasteiger partial charge is 0.490 e. The molecule has 1 spiro atoms. The van der Waals surface area contributed by atoms with Gasteiger partial charge in [-0.05, 0) is 38.4 Å². The molecule has 3 N–H and O–H groups in total. The maximum absolute atomic E-state index is 10.6. The number of piperazine rings is 1.